The fourth-order valence-electron chi connectivity index (χ4n) is 0.831. The van der Waals surface area contributed by atoms with Crippen molar-refractivity contribution in [1.29, 1.82) is 0 Å². The van der Waals surface area contributed by atoms with Gasteiger partial charge in [0.1, 0.15) is 11.6 Å². The van der Waals surface area contributed by atoms with E-state index in [0.29, 0.717) is 11.6 Å². The molecule has 8 heteroatoms. The molecular formula is C8H11N3O4S. The Kier molecular flexibility index (Phi) is 4.80. The summed E-state index contributed by atoms with van der Waals surface area (Å²) < 4.78 is 9.35. The molecule has 88 valence electrons. The molecule has 0 atom stereocenters. The van der Waals surface area contributed by atoms with Gasteiger partial charge in [-0.25, -0.2) is 4.79 Å². The van der Waals surface area contributed by atoms with Crippen LogP contribution in [0.2, 0.25) is 0 Å². The minimum atomic E-state index is -0.939. The molecule has 7 nitrogen and oxygen atoms in total. The number of hydrogen-bond donors (Lipinski definition) is 1. The van der Waals surface area contributed by atoms with Crippen molar-refractivity contribution < 1.29 is 19.1 Å². The lowest BCUT2D eigenvalue weighted by Crippen LogP contribution is -2.24. The Balaban J connectivity index is 2.52. The summed E-state index contributed by atoms with van der Waals surface area (Å²) in [5.41, 5.74) is 0. The Bertz CT molecular complexity index is 379. The zero-order valence-corrected chi connectivity index (χ0v) is 9.67. The molecule has 0 fully saturated rings. The maximum atomic E-state index is 11.2. The Morgan fingerprint density at radius 2 is 2.19 bits per heavy atom. The number of methoxy groups -OCH3 is 1. The van der Waals surface area contributed by atoms with Gasteiger partial charge in [-0.05, 0) is 6.92 Å². The second-order valence-electron chi connectivity index (χ2n) is 2.61. The van der Waals surface area contributed by atoms with Crippen molar-refractivity contribution in [2.45, 2.75) is 13.5 Å². The van der Waals surface area contributed by atoms with Crippen LogP contribution in [0.3, 0.4) is 0 Å². The van der Waals surface area contributed by atoms with Gasteiger partial charge in [-0.15, -0.1) is 10.2 Å². The molecule has 0 unspecified atom stereocenters. The highest BCUT2D eigenvalue weighted by Gasteiger charge is 2.16. The molecule has 1 rings (SSSR count). The fourth-order valence-corrected chi connectivity index (χ4v) is 1.54. The Labute approximate surface area is 95.8 Å². The summed E-state index contributed by atoms with van der Waals surface area (Å²) in [5.74, 6) is -1.80. The first-order valence-electron chi connectivity index (χ1n) is 4.46. The molecule has 0 aliphatic rings. The second kappa shape index (κ2) is 6.13. The number of anilines is 1. The Morgan fingerprint density at radius 1 is 1.44 bits per heavy atom. The van der Waals surface area contributed by atoms with Crippen LogP contribution < -0.4 is 5.32 Å². The number of carbonyl (C=O) groups is 2. The molecule has 0 aliphatic carbocycles. The Hall–Kier alpha value is -1.54. The molecule has 0 aromatic carbocycles. The summed E-state index contributed by atoms with van der Waals surface area (Å²) in [6.45, 7) is 2.08. The maximum absolute atomic E-state index is 11.2. The highest BCUT2D eigenvalue weighted by Crippen LogP contribution is 2.15. The number of nitrogens with zero attached hydrogens (tertiary/aromatic N) is 2. The van der Waals surface area contributed by atoms with E-state index in [1.54, 1.807) is 6.92 Å². The molecule has 1 amide bonds. The quantitative estimate of drug-likeness (QED) is 0.601. The normalized spacial score (nSPS) is 9.88. The van der Waals surface area contributed by atoms with Crippen LogP contribution in [-0.2, 0) is 25.7 Å². The minimum absolute atomic E-state index is 0.150. The van der Waals surface area contributed by atoms with Crippen molar-refractivity contribution in [3.8, 4) is 0 Å². The average molecular weight is 245 g/mol. The van der Waals surface area contributed by atoms with Crippen molar-refractivity contribution in [3.05, 3.63) is 5.01 Å². The topological polar surface area (TPSA) is 90.4 Å². The van der Waals surface area contributed by atoms with Crippen molar-refractivity contribution in [1.82, 2.24) is 10.2 Å². The van der Waals surface area contributed by atoms with Crippen LogP contribution in [0.15, 0.2) is 0 Å². The zero-order valence-electron chi connectivity index (χ0n) is 8.85. The number of ether oxygens (including phenoxy) is 2. The van der Waals surface area contributed by atoms with Gasteiger partial charge in [0, 0.05) is 7.11 Å². The highest BCUT2D eigenvalue weighted by atomic mass is 32.1. The fraction of sp³-hybridized carbons (Fsp3) is 0.500. The molecule has 0 bridgehead atoms. The van der Waals surface area contributed by atoms with E-state index in [2.05, 4.69) is 20.3 Å². The van der Waals surface area contributed by atoms with E-state index < -0.39 is 11.9 Å². The predicted octanol–water partition coefficient (Wildman–Crippen LogP) is 0.186. The van der Waals surface area contributed by atoms with Gasteiger partial charge in [-0.1, -0.05) is 11.3 Å². The lowest BCUT2D eigenvalue weighted by atomic mass is 10.6. The third-order valence-electron chi connectivity index (χ3n) is 1.42. The maximum Gasteiger partial charge on any atom is 0.397 e. The van der Waals surface area contributed by atoms with Gasteiger partial charge in [-0.3, -0.25) is 10.1 Å². The van der Waals surface area contributed by atoms with Crippen molar-refractivity contribution in [2.75, 3.05) is 19.0 Å². The average Bonchev–Trinajstić information content (AvgIpc) is 2.66. The van der Waals surface area contributed by atoms with Gasteiger partial charge in [0.15, 0.2) is 0 Å². The molecule has 0 aliphatic heterocycles. The molecule has 1 heterocycles. The van der Waals surface area contributed by atoms with Crippen molar-refractivity contribution >= 4 is 28.3 Å². The van der Waals surface area contributed by atoms with Gasteiger partial charge < -0.3 is 9.47 Å². The van der Waals surface area contributed by atoms with E-state index in [0.717, 1.165) is 11.3 Å². The summed E-state index contributed by atoms with van der Waals surface area (Å²) in [6.07, 6.45) is 0. The van der Waals surface area contributed by atoms with Gasteiger partial charge in [0.2, 0.25) is 5.13 Å². The van der Waals surface area contributed by atoms with Crippen LogP contribution in [0, 0.1) is 0 Å². The molecule has 1 aromatic rings. The first-order valence-corrected chi connectivity index (χ1v) is 5.28. The van der Waals surface area contributed by atoms with E-state index in [-0.39, 0.29) is 11.7 Å². The number of nitrogens with one attached hydrogen (secondary N) is 1. The van der Waals surface area contributed by atoms with E-state index in [9.17, 15) is 9.59 Å². The lowest BCUT2D eigenvalue weighted by molar-refractivity contribution is -0.152. The third-order valence-corrected chi connectivity index (χ3v) is 2.23. The third kappa shape index (κ3) is 3.55. The van der Waals surface area contributed by atoms with E-state index in [1.165, 1.54) is 7.11 Å². The first-order chi connectivity index (χ1) is 7.67. The van der Waals surface area contributed by atoms with Crippen LogP contribution in [0.25, 0.3) is 0 Å². The largest absolute Gasteiger partial charge is 0.459 e. The Morgan fingerprint density at radius 3 is 2.81 bits per heavy atom. The van der Waals surface area contributed by atoms with Crippen molar-refractivity contribution in [2.24, 2.45) is 0 Å². The molecule has 1 N–H and O–H groups in total. The lowest BCUT2D eigenvalue weighted by Gasteiger charge is -1.99. The number of aromatic nitrogens is 2. The first kappa shape index (κ1) is 12.5. The molecule has 0 saturated heterocycles. The highest BCUT2D eigenvalue weighted by molar-refractivity contribution is 7.15. The summed E-state index contributed by atoms with van der Waals surface area (Å²) in [7, 11) is 1.53. The van der Waals surface area contributed by atoms with Gasteiger partial charge in [0.25, 0.3) is 0 Å². The molecular weight excluding hydrogens is 234 g/mol. The summed E-state index contributed by atoms with van der Waals surface area (Å²) >= 11 is 1.13. The van der Waals surface area contributed by atoms with Crippen LogP contribution in [0.1, 0.15) is 11.9 Å². The number of esters is 1. The molecule has 0 saturated carbocycles. The van der Waals surface area contributed by atoms with E-state index in [4.69, 9.17) is 4.74 Å². The number of rotatable bonds is 4. The van der Waals surface area contributed by atoms with Crippen molar-refractivity contribution in [3.63, 3.8) is 0 Å². The summed E-state index contributed by atoms with van der Waals surface area (Å²) in [5, 5.41) is 10.5. The van der Waals surface area contributed by atoms with Gasteiger partial charge in [0.05, 0.1) is 6.61 Å². The monoisotopic (exact) mass is 245 g/mol. The van der Waals surface area contributed by atoms with Gasteiger partial charge >= 0.3 is 11.9 Å². The smallest absolute Gasteiger partial charge is 0.397 e. The number of carbonyl (C=O) groups excluding carboxylic acids is 2. The van der Waals surface area contributed by atoms with Crippen LogP contribution in [0.4, 0.5) is 5.13 Å². The van der Waals surface area contributed by atoms with Gasteiger partial charge in [-0.2, -0.15) is 0 Å². The standard InChI is InChI=1S/C8H11N3O4S/c1-3-15-7(13)6(12)9-8-11-10-5(16-8)4-14-2/h3-4H2,1-2H3,(H,9,11,12). The SMILES string of the molecule is CCOC(=O)C(=O)Nc1nnc(COC)s1. The number of hydrogen-bond acceptors (Lipinski definition) is 7. The molecule has 0 spiro atoms. The van der Waals surface area contributed by atoms with Crippen LogP contribution in [0.5, 0.6) is 0 Å². The second-order valence-corrected chi connectivity index (χ2v) is 3.67. The summed E-state index contributed by atoms with van der Waals surface area (Å²) in [4.78, 5) is 22.2. The number of amides is 1. The van der Waals surface area contributed by atoms with E-state index >= 15 is 0 Å². The minimum Gasteiger partial charge on any atom is -0.459 e. The molecule has 0 radical (unpaired) electrons. The van der Waals surface area contributed by atoms with Crippen LogP contribution >= 0.6 is 11.3 Å². The zero-order chi connectivity index (χ0) is 12.0. The van der Waals surface area contributed by atoms with Crippen LogP contribution in [-0.4, -0.2) is 35.8 Å². The molecule has 1 aromatic heterocycles. The predicted molar refractivity (Wildman–Crippen MR) is 55.9 cm³/mol. The van der Waals surface area contributed by atoms with E-state index in [1.807, 2.05) is 0 Å². The summed E-state index contributed by atoms with van der Waals surface area (Å²) in [6, 6.07) is 0. The molecule has 16 heavy (non-hydrogen) atoms.